The van der Waals surface area contributed by atoms with E-state index < -0.39 is 0 Å². The molecule has 0 bridgehead atoms. The molecule has 0 N–H and O–H groups in total. The molecule has 0 fully saturated rings. The molecule has 0 aliphatic heterocycles. The second-order valence-corrected chi connectivity index (χ2v) is 7.73. The van der Waals surface area contributed by atoms with Crippen LogP contribution in [0.5, 0.6) is 0 Å². The summed E-state index contributed by atoms with van der Waals surface area (Å²) in [4.78, 5) is 0. The maximum absolute atomic E-state index is 3.74. The van der Waals surface area contributed by atoms with E-state index in [0.29, 0.717) is 0 Å². The Kier molecular flexibility index (Phi) is 5.55. The van der Waals surface area contributed by atoms with Crippen LogP contribution in [0.2, 0.25) is 0 Å². The zero-order valence-electron chi connectivity index (χ0n) is 15.8. The minimum absolute atomic E-state index is 1.10. The molecular weight excluding hydrogens is 404 g/mol. The van der Waals surface area contributed by atoms with E-state index in [0.717, 1.165) is 4.47 Å². The molecule has 0 spiro atoms. The van der Waals surface area contributed by atoms with Crippen LogP contribution >= 0.6 is 15.9 Å². The fourth-order valence-corrected chi connectivity index (χ4v) is 3.79. The zero-order chi connectivity index (χ0) is 19.3. The molecule has 0 amide bonds. The van der Waals surface area contributed by atoms with Gasteiger partial charge in [0.1, 0.15) is 0 Å². The van der Waals surface area contributed by atoms with E-state index in [4.69, 9.17) is 0 Å². The van der Waals surface area contributed by atoms with Crippen molar-refractivity contribution in [3.63, 3.8) is 0 Å². The summed E-state index contributed by atoms with van der Waals surface area (Å²) in [6.45, 7) is 2.15. The van der Waals surface area contributed by atoms with Gasteiger partial charge in [0, 0.05) is 4.47 Å². The third-order valence-electron chi connectivity index (χ3n) is 4.94. The van der Waals surface area contributed by atoms with E-state index in [1.165, 1.54) is 38.9 Å². The van der Waals surface area contributed by atoms with Gasteiger partial charge in [0.15, 0.2) is 0 Å². The van der Waals surface area contributed by atoms with Crippen molar-refractivity contribution in [2.45, 2.75) is 6.92 Å². The highest BCUT2D eigenvalue weighted by Gasteiger charge is 2.03. The Morgan fingerprint density at radius 2 is 1.07 bits per heavy atom. The van der Waals surface area contributed by atoms with E-state index in [2.05, 4.69) is 126 Å². The molecule has 0 atom stereocenters. The van der Waals surface area contributed by atoms with Gasteiger partial charge in [0.05, 0.1) is 0 Å². The van der Waals surface area contributed by atoms with Crippen molar-refractivity contribution in [2.75, 3.05) is 0 Å². The molecule has 136 valence electrons. The van der Waals surface area contributed by atoms with Gasteiger partial charge in [0.2, 0.25) is 0 Å². The minimum Gasteiger partial charge on any atom is -0.0622 e. The molecule has 0 aliphatic rings. The summed E-state index contributed by atoms with van der Waals surface area (Å²) in [5.41, 5.74) is 8.60. The van der Waals surface area contributed by atoms with Crippen LogP contribution in [0, 0.1) is 6.92 Å². The molecule has 4 aromatic carbocycles. The summed E-state index contributed by atoms with van der Waals surface area (Å²) in [6.07, 6.45) is 4.38. The van der Waals surface area contributed by atoms with Gasteiger partial charge < -0.3 is 0 Å². The molecule has 0 aromatic heterocycles. The molecule has 0 aliphatic carbocycles. The molecule has 4 rings (SSSR count). The number of rotatable bonds is 4. The van der Waals surface area contributed by atoms with Crippen molar-refractivity contribution < 1.29 is 0 Å². The van der Waals surface area contributed by atoms with Gasteiger partial charge in [-0.1, -0.05) is 113 Å². The standard InChI is InChI=1S/C27H21Br/c1-20-12-13-25(21-8-4-2-5-9-21)18-24(20)16-14-23-15-17-26(19-27(23)28)22-10-6-3-7-11-22/h2-19H,1H3/b16-14+. The summed E-state index contributed by atoms with van der Waals surface area (Å²) in [5, 5.41) is 0. The predicted molar refractivity (Wildman–Crippen MR) is 125 cm³/mol. The van der Waals surface area contributed by atoms with Crippen LogP contribution in [0.25, 0.3) is 34.4 Å². The molecule has 1 heteroatoms. The van der Waals surface area contributed by atoms with Crippen LogP contribution in [-0.2, 0) is 0 Å². The van der Waals surface area contributed by atoms with Crippen molar-refractivity contribution in [1.82, 2.24) is 0 Å². The Labute approximate surface area is 175 Å². The molecule has 28 heavy (non-hydrogen) atoms. The van der Waals surface area contributed by atoms with Gasteiger partial charge in [-0.25, -0.2) is 0 Å². The number of aryl methyl sites for hydroxylation is 1. The van der Waals surface area contributed by atoms with Crippen LogP contribution in [0.1, 0.15) is 16.7 Å². The van der Waals surface area contributed by atoms with Crippen LogP contribution in [-0.4, -0.2) is 0 Å². The minimum atomic E-state index is 1.10. The summed E-state index contributed by atoms with van der Waals surface area (Å²) in [6, 6.07) is 34.1. The van der Waals surface area contributed by atoms with Crippen molar-refractivity contribution >= 4 is 28.1 Å². The SMILES string of the molecule is Cc1ccc(-c2ccccc2)cc1/C=C/c1ccc(-c2ccccc2)cc1Br. The van der Waals surface area contributed by atoms with Crippen molar-refractivity contribution in [2.24, 2.45) is 0 Å². The van der Waals surface area contributed by atoms with Gasteiger partial charge in [-0.15, -0.1) is 0 Å². The van der Waals surface area contributed by atoms with E-state index in [1.807, 2.05) is 6.07 Å². The lowest BCUT2D eigenvalue weighted by atomic mass is 9.98. The molecular formula is C27H21Br. The monoisotopic (exact) mass is 424 g/mol. The Morgan fingerprint density at radius 3 is 1.68 bits per heavy atom. The quantitative estimate of drug-likeness (QED) is 0.289. The fourth-order valence-electron chi connectivity index (χ4n) is 3.28. The Morgan fingerprint density at radius 1 is 0.536 bits per heavy atom. The number of hydrogen-bond acceptors (Lipinski definition) is 0. The number of benzene rings is 4. The molecule has 0 saturated carbocycles. The maximum atomic E-state index is 3.74. The summed E-state index contributed by atoms with van der Waals surface area (Å²) in [7, 11) is 0. The van der Waals surface area contributed by atoms with Crippen molar-refractivity contribution in [3.05, 3.63) is 118 Å². The first-order chi connectivity index (χ1) is 13.7. The number of halogens is 1. The van der Waals surface area contributed by atoms with Gasteiger partial charge in [0.25, 0.3) is 0 Å². The van der Waals surface area contributed by atoms with Crippen LogP contribution < -0.4 is 0 Å². The molecule has 0 radical (unpaired) electrons. The maximum Gasteiger partial charge on any atom is 0.0253 e. The second-order valence-electron chi connectivity index (χ2n) is 6.87. The predicted octanol–water partition coefficient (Wildman–Crippen LogP) is 8.26. The summed E-state index contributed by atoms with van der Waals surface area (Å²) in [5.74, 6) is 0. The third-order valence-corrected chi connectivity index (χ3v) is 5.62. The molecule has 0 unspecified atom stereocenters. The second kappa shape index (κ2) is 8.41. The van der Waals surface area contributed by atoms with Crippen LogP contribution in [0.15, 0.2) is 102 Å². The van der Waals surface area contributed by atoms with E-state index in [-0.39, 0.29) is 0 Å². The van der Waals surface area contributed by atoms with Crippen molar-refractivity contribution in [3.8, 4) is 22.3 Å². The molecule has 0 nitrogen and oxygen atoms in total. The van der Waals surface area contributed by atoms with E-state index in [1.54, 1.807) is 0 Å². The zero-order valence-corrected chi connectivity index (χ0v) is 17.4. The Bertz CT molecular complexity index is 1110. The smallest absolute Gasteiger partial charge is 0.0253 e. The lowest BCUT2D eigenvalue weighted by Crippen LogP contribution is -1.85. The lowest BCUT2D eigenvalue weighted by molar-refractivity contribution is 1.44. The average molecular weight is 425 g/mol. The van der Waals surface area contributed by atoms with Crippen LogP contribution in [0.4, 0.5) is 0 Å². The van der Waals surface area contributed by atoms with Crippen molar-refractivity contribution in [1.29, 1.82) is 0 Å². The normalized spacial score (nSPS) is 11.1. The molecule has 4 aromatic rings. The summed E-state index contributed by atoms with van der Waals surface area (Å²) < 4.78 is 1.10. The Hall–Kier alpha value is -2.90. The highest BCUT2D eigenvalue weighted by Crippen LogP contribution is 2.28. The molecule has 0 saturated heterocycles. The highest BCUT2D eigenvalue weighted by molar-refractivity contribution is 9.10. The van der Waals surface area contributed by atoms with Gasteiger partial charge in [-0.3, -0.25) is 0 Å². The van der Waals surface area contributed by atoms with E-state index >= 15 is 0 Å². The first-order valence-corrected chi connectivity index (χ1v) is 10.2. The average Bonchev–Trinajstić information content (AvgIpc) is 2.75. The van der Waals surface area contributed by atoms with Gasteiger partial charge in [-0.2, -0.15) is 0 Å². The highest BCUT2D eigenvalue weighted by atomic mass is 79.9. The fraction of sp³-hybridized carbons (Fsp3) is 0.0370. The first-order valence-electron chi connectivity index (χ1n) is 9.40. The van der Waals surface area contributed by atoms with Gasteiger partial charge >= 0.3 is 0 Å². The van der Waals surface area contributed by atoms with Crippen LogP contribution in [0.3, 0.4) is 0 Å². The summed E-state index contributed by atoms with van der Waals surface area (Å²) >= 11 is 3.74. The first kappa shape index (κ1) is 18.5. The topological polar surface area (TPSA) is 0 Å². The van der Waals surface area contributed by atoms with E-state index in [9.17, 15) is 0 Å². The largest absolute Gasteiger partial charge is 0.0622 e. The number of hydrogen-bond donors (Lipinski definition) is 0. The lowest BCUT2D eigenvalue weighted by Gasteiger charge is -2.07. The molecule has 0 heterocycles. The Balaban J connectivity index is 1.63. The van der Waals surface area contributed by atoms with Gasteiger partial charge in [-0.05, 0) is 58.0 Å². The third kappa shape index (κ3) is 4.16.